The summed E-state index contributed by atoms with van der Waals surface area (Å²) >= 11 is 0. The maximum absolute atomic E-state index is 10.7. The van der Waals surface area contributed by atoms with Gasteiger partial charge in [-0.3, -0.25) is 4.79 Å². The lowest BCUT2D eigenvalue weighted by atomic mass is 9.86. The molecule has 0 unspecified atom stereocenters. The third-order valence-corrected chi connectivity index (χ3v) is 2.61. The standard InChI is InChI=1S/C9H17NO2/c10-12-9(11)7-6-8-4-2-1-3-5-8/h8H,1-7,10H2. The van der Waals surface area contributed by atoms with Gasteiger partial charge in [-0.25, -0.2) is 0 Å². The second kappa shape index (κ2) is 5.14. The van der Waals surface area contributed by atoms with Gasteiger partial charge in [-0.15, -0.1) is 0 Å². The third kappa shape index (κ3) is 3.22. The van der Waals surface area contributed by atoms with Gasteiger partial charge >= 0.3 is 5.97 Å². The molecule has 1 rings (SSSR count). The van der Waals surface area contributed by atoms with Gasteiger partial charge in [0.1, 0.15) is 0 Å². The van der Waals surface area contributed by atoms with Crippen molar-refractivity contribution in [1.29, 1.82) is 0 Å². The van der Waals surface area contributed by atoms with Crippen molar-refractivity contribution < 1.29 is 9.63 Å². The van der Waals surface area contributed by atoms with Gasteiger partial charge in [-0.05, 0) is 12.3 Å². The Hall–Kier alpha value is -0.570. The Bertz CT molecular complexity index is 141. The summed E-state index contributed by atoms with van der Waals surface area (Å²) in [7, 11) is 0. The SMILES string of the molecule is NOC(=O)CCC1CCCCC1. The normalized spacial score (nSPS) is 19.1. The molecule has 0 bridgehead atoms. The minimum absolute atomic E-state index is 0.277. The molecule has 1 aliphatic rings. The molecule has 2 N–H and O–H groups in total. The summed E-state index contributed by atoms with van der Waals surface area (Å²) in [6.45, 7) is 0. The molecule has 0 atom stereocenters. The van der Waals surface area contributed by atoms with Crippen molar-refractivity contribution in [3.63, 3.8) is 0 Å². The first kappa shape index (κ1) is 9.52. The van der Waals surface area contributed by atoms with Crippen molar-refractivity contribution in [3.05, 3.63) is 0 Å². The summed E-state index contributed by atoms with van der Waals surface area (Å²) in [4.78, 5) is 14.8. The number of nitrogens with two attached hydrogens (primary N) is 1. The van der Waals surface area contributed by atoms with Gasteiger partial charge in [0.25, 0.3) is 0 Å². The van der Waals surface area contributed by atoms with E-state index in [9.17, 15) is 4.79 Å². The molecule has 3 nitrogen and oxygen atoms in total. The Morgan fingerprint density at radius 3 is 2.58 bits per heavy atom. The quantitative estimate of drug-likeness (QED) is 0.658. The van der Waals surface area contributed by atoms with Crippen LogP contribution in [0.3, 0.4) is 0 Å². The van der Waals surface area contributed by atoms with Crippen molar-refractivity contribution in [2.45, 2.75) is 44.9 Å². The first-order valence-electron chi connectivity index (χ1n) is 4.72. The minimum atomic E-state index is -0.277. The van der Waals surface area contributed by atoms with Gasteiger partial charge in [0.15, 0.2) is 0 Å². The van der Waals surface area contributed by atoms with Crippen LogP contribution in [0.15, 0.2) is 0 Å². The lowest BCUT2D eigenvalue weighted by molar-refractivity contribution is -0.144. The fourth-order valence-corrected chi connectivity index (χ4v) is 1.86. The number of rotatable bonds is 3. The zero-order valence-electron chi connectivity index (χ0n) is 7.42. The molecule has 0 heterocycles. The monoisotopic (exact) mass is 171 g/mol. The largest absolute Gasteiger partial charge is 0.373 e. The predicted octanol–water partition coefficient (Wildman–Crippen LogP) is 1.76. The average molecular weight is 171 g/mol. The lowest BCUT2D eigenvalue weighted by Gasteiger charge is -2.20. The van der Waals surface area contributed by atoms with Gasteiger partial charge in [-0.2, -0.15) is 5.90 Å². The average Bonchev–Trinajstić information content (AvgIpc) is 2.16. The van der Waals surface area contributed by atoms with E-state index >= 15 is 0 Å². The zero-order valence-corrected chi connectivity index (χ0v) is 7.42. The van der Waals surface area contributed by atoms with Crippen LogP contribution < -0.4 is 5.90 Å². The second-order valence-electron chi connectivity index (χ2n) is 3.53. The van der Waals surface area contributed by atoms with Crippen LogP contribution in [0, 0.1) is 5.92 Å². The predicted molar refractivity (Wildman–Crippen MR) is 46.1 cm³/mol. The highest BCUT2D eigenvalue weighted by Crippen LogP contribution is 2.27. The van der Waals surface area contributed by atoms with E-state index in [0.29, 0.717) is 6.42 Å². The molecular formula is C9H17NO2. The number of carbonyl (C=O) groups excluding carboxylic acids is 1. The molecule has 0 aliphatic heterocycles. The van der Waals surface area contributed by atoms with Gasteiger partial charge < -0.3 is 4.84 Å². The minimum Gasteiger partial charge on any atom is -0.373 e. The Morgan fingerprint density at radius 2 is 2.00 bits per heavy atom. The molecule has 1 fully saturated rings. The molecule has 0 aromatic rings. The van der Waals surface area contributed by atoms with E-state index in [1.165, 1.54) is 32.1 Å². The maximum atomic E-state index is 10.7. The van der Waals surface area contributed by atoms with Crippen LogP contribution in [-0.2, 0) is 9.63 Å². The molecule has 0 radical (unpaired) electrons. The molecule has 0 aromatic heterocycles. The Kier molecular flexibility index (Phi) is 4.08. The molecule has 70 valence electrons. The Labute approximate surface area is 73.2 Å². The highest BCUT2D eigenvalue weighted by molar-refractivity contribution is 5.68. The summed E-state index contributed by atoms with van der Waals surface area (Å²) in [5.74, 6) is 5.19. The van der Waals surface area contributed by atoms with E-state index in [2.05, 4.69) is 4.84 Å². The molecule has 0 aromatic carbocycles. The van der Waals surface area contributed by atoms with Crippen molar-refractivity contribution in [1.82, 2.24) is 0 Å². The summed E-state index contributed by atoms with van der Waals surface area (Å²) in [5.41, 5.74) is 0. The molecular weight excluding hydrogens is 154 g/mol. The topological polar surface area (TPSA) is 52.3 Å². The van der Waals surface area contributed by atoms with Crippen LogP contribution in [0.25, 0.3) is 0 Å². The van der Waals surface area contributed by atoms with Crippen LogP contribution in [0.4, 0.5) is 0 Å². The Morgan fingerprint density at radius 1 is 1.33 bits per heavy atom. The van der Waals surface area contributed by atoms with E-state index < -0.39 is 0 Å². The highest BCUT2D eigenvalue weighted by Gasteiger charge is 2.14. The fraction of sp³-hybridized carbons (Fsp3) is 0.889. The number of hydrogen-bond acceptors (Lipinski definition) is 3. The first-order valence-corrected chi connectivity index (χ1v) is 4.72. The molecule has 0 amide bonds. The van der Waals surface area contributed by atoms with E-state index in [0.717, 1.165) is 12.3 Å². The summed E-state index contributed by atoms with van der Waals surface area (Å²) in [6.07, 6.45) is 8.00. The van der Waals surface area contributed by atoms with Crippen molar-refractivity contribution in [2.75, 3.05) is 0 Å². The third-order valence-electron chi connectivity index (χ3n) is 2.61. The molecule has 0 spiro atoms. The van der Waals surface area contributed by atoms with Gasteiger partial charge in [0.2, 0.25) is 0 Å². The van der Waals surface area contributed by atoms with E-state index in [-0.39, 0.29) is 5.97 Å². The van der Waals surface area contributed by atoms with Gasteiger partial charge in [-0.1, -0.05) is 32.1 Å². The maximum Gasteiger partial charge on any atom is 0.324 e. The van der Waals surface area contributed by atoms with Crippen LogP contribution in [0.1, 0.15) is 44.9 Å². The molecule has 0 saturated heterocycles. The fourth-order valence-electron chi connectivity index (χ4n) is 1.86. The number of carbonyl (C=O) groups is 1. The Balaban J connectivity index is 2.09. The van der Waals surface area contributed by atoms with E-state index in [4.69, 9.17) is 5.90 Å². The van der Waals surface area contributed by atoms with Crippen LogP contribution in [0.2, 0.25) is 0 Å². The molecule has 1 saturated carbocycles. The van der Waals surface area contributed by atoms with Crippen molar-refractivity contribution in [3.8, 4) is 0 Å². The van der Waals surface area contributed by atoms with Gasteiger partial charge in [0, 0.05) is 6.42 Å². The summed E-state index contributed by atoms with van der Waals surface area (Å²) < 4.78 is 0. The van der Waals surface area contributed by atoms with E-state index in [1.807, 2.05) is 0 Å². The van der Waals surface area contributed by atoms with Crippen LogP contribution in [0.5, 0.6) is 0 Å². The summed E-state index contributed by atoms with van der Waals surface area (Å²) in [6, 6.07) is 0. The van der Waals surface area contributed by atoms with Gasteiger partial charge in [0.05, 0.1) is 0 Å². The van der Waals surface area contributed by atoms with E-state index in [1.54, 1.807) is 0 Å². The highest BCUT2D eigenvalue weighted by atomic mass is 16.7. The number of hydrogen-bond donors (Lipinski definition) is 1. The van der Waals surface area contributed by atoms with Crippen molar-refractivity contribution >= 4 is 5.97 Å². The molecule has 1 aliphatic carbocycles. The summed E-state index contributed by atoms with van der Waals surface area (Å²) in [5, 5.41) is 0. The van der Waals surface area contributed by atoms with Crippen LogP contribution >= 0.6 is 0 Å². The second-order valence-corrected chi connectivity index (χ2v) is 3.53. The molecule has 12 heavy (non-hydrogen) atoms. The molecule has 3 heteroatoms. The van der Waals surface area contributed by atoms with Crippen molar-refractivity contribution in [2.24, 2.45) is 11.8 Å². The first-order chi connectivity index (χ1) is 5.83. The lowest BCUT2D eigenvalue weighted by Crippen LogP contribution is -2.13. The zero-order chi connectivity index (χ0) is 8.81. The van der Waals surface area contributed by atoms with Crippen LogP contribution in [-0.4, -0.2) is 5.97 Å². The smallest absolute Gasteiger partial charge is 0.324 e.